The maximum Gasteiger partial charge on any atom is 0.157 e. The van der Waals surface area contributed by atoms with Gasteiger partial charge >= 0.3 is 0 Å². The standard InChI is InChI=1S/C18H30O2/c19-17(20)18-10-3-6-16(18)15-8-7-12-4-1-2-5-13(12)14(15)9-11-18/h12-17,19-20H,1-11H2/t12?,13-,14+,15+,16-,18+/m0/s1. The lowest BCUT2D eigenvalue weighted by Crippen LogP contribution is -2.51. The Morgan fingerprint density at radius 3 is 2.40 bits per heavy atom. The van der Waals surface area contributed by atoms with Gasteiger partial charge in [0.1, 0.15) is 0 Å². The predicted molar refractivity (Wildman–Crippen MR) is 78.9 cm³/mol. The lowest BCUT2D eigenvalue weighted by atomic mass is 9.50. The summed E-state index contributed by atoms with van der Waals surface area (Å²) in [7, 11) is 0. The summed E-state index contributed by atoms with van der Waals surface area (Å²) >= 11 is 0. The van der Waals surface area contributed by atoms with Crippen LogP contribution in [0.25, 0.3) is 0 Å². The number of aliphatic hydroxyl groups is 2. The van der Waals surface area contributed by atoms with E-state index in [2.05, 4.69) is 0 Å². The second-order valence-electron chi connectivity index (χ2n) is 8.26. The Morgan fingerprint density at radius 1 is 0.700 bits per heavy atom. The van der Waals surface area contributed by atoms with Gasteiger partial charge in [0.25, 0.3) is 0 Å². The number of fused-ring (bicyclic) bond motifs is 5. The number of rotatable bonds is 1. The molecule has 0 aromatic rings. The fourth-order valence-electron chi connectivity index (χ4n) is 6.98. The zero-order valence-electron chi connectivity index (χ0n) is 12.6. The first-order chi connectivity index (χ1) is 9.72. The molecule has 2 heteroatoms. The van der Waals surface area contributed by atoms with Crippen LogP contribution >= 0.6 is 0 Å². The number of hydrogen-bond donors (Lipinski definition) is 2. The molecule has 0 spiro atoms. The largest absolute Gasteiger partial charge is 0.368 e. The van der Waals surface area contributed by atoms with Crippen molar-refractivity contribution in [3.63, 3.8) is 0 Å². The van der Waals surface area contributed by atoms with Gasteiger partial charge in [-0.15, -0.1) is 0 Å². The molecule has 114 valence electrons. The summed E-state index contributed by atoms with van der Waals surface area (Å²) in [6, 6.07) is 0. The van der Waals surface area contributed by atoms with Crippen LogP contribution in [0.3, 0.4) is 0 Å². The molecule has 4 saturated carbocycles. The first-order valence-corrected chi connectivity index (χ1v) is 9.08. The second kappa shape index (κ2) is 4.98. The molecule has 6 atom stereocenters. The van der Waals surface area contributed by atoms with Gasteiger partial charge in [0.15, 0.2) is 6.29 Å². The molecule has 0 aliphatic heterocycles. The fourth-order valence-corrected chi connectivity index (χ4v) is 6.98. The van der Waals surface area contributed by atoms with Gasteiger partial charge in [-0.3, -0.25) is 0 Å². The molecular formula is C18H30O2. The molecule has 0 saturated heterocycles. The first kappa shape index (κ1) is 13.6. The molecule has 0 amide bonds. The second-order valence-corrected chi connectivity index (χ2v) is 8.26. The van der Waals surface area contributed by atoms with Crippen molar-refractivity contribution in [3.05, 3.63) is 0 Å². The van der Waals surface area contributed by atoms with E-state index in [1.165, 1.54) is 57.8 Å². The third-order valence-corrected chi connectivity index (χ3v) is 7.81. The van der Waals surface area contributed by atoms with E-state index in [4.69, 9.17) is 0 Å². The zero-order valence-corrected chi connectivity index (χ0v) is 12.6. The third-order valence-electron chi connectivity index (χ3n) is 7.81. The Labute approximate surface area is 123 Å². The monoisotopic (exact) mass is 278 g/mol. The number of aliphatic hydroxyl groups excluding tert-OH is 1. The predicted octanol–water partition coefficient (Wildman–Crippen LogP) is 3.71. The molecule has 0 aromatic carbocycles. The Hall–Kier alpha value is -0.0800. The van der Waals surface area contributed by atoms with Crippen molar-refractivity contribution >= 4 is 0 Å². The van der Waals surface area contributed by atoms with Gasteiger partial charge in [-0.1, -0.05) is 25.7 Å². The molecule has 4 aliphatic carbocycles. The Balaban J connectivity index is 1.60. The molecule has 0 bridgehead atoms. The molecule has 1 unspecified atom stereocenters. The van der Waals surface area contributed by atoms with Crippen molar-refractivity contribution in [1.29, 1.82) is 0 Å². The van der Waals surface area contributed by atoms with Crippen molar-refractivity contribution in [1.82, 2.24) is 0 Å². The van der Waals surface area contributed by atoms with Gasteiger partial charge < -0.3 is 10.2 Å². The van der Waals surface area contributed by atoms with E-state index in [-0.39, 0.29) is 5.41 Å². The van der Waals surface area contributed by atoms with Crippen molar-refractivity contribution in [2.75, 3.05) is 0 Å². The zero-order chi connectivity index (χ0) is 13.7. The summed E-state index contributed by atoms with van der Waals surface area (Å²) in [5, 5.41) is 20.0. The highest BCUT2D eigenvalue weighted by atomic mass is 16.5. The van der Waals surface area contributed by atoms with Crippen LogP contribution < -0.4 is 0 Å². The average Bonchev–Trinajstić information content (AvgIpc) is 2.92. The van der Waals surface area contributed by atoms with Crippen LogP contribution in [0.4, 0.5) is 0 Å². The van der Waals surface area contributed by atoms with E-state index in [0.29, 0.717) is 5.92 Å². The van der Waals surface area contributed by atoms with Gasteiger partial charge in [-0.2, -0.15) is 0 Å². The quantitative estimate of drug-likeness (QED) is 0.718. The van der Waals surface area contributed by atoms with Gasteiger partial charge in [-0.25, -0.2) is 0 Å². The highest BCUT2D eigenvalue weighted by Crippen LogP contribution is 2.63. The van der Waals surface area contributed by atoms with Crippen molar-refractivity contribution < 1.29 is 10.2 Å². The lowest BCUT2D eigenvalue weighted by molar-refractivity contribution is -0.190. The minimum atomic E-state index is -1.07. The maximum absolute atomic E-state index is 10.0. The molecular weight excluding hydrogens is 248 g/mol. The summed E-state index contributed by atoms with van der Waals surface area (Å²) < 4.78 is 0. The summed E-state index contributed by atoms with van der Waals surface area (Å²) in [4.78, 5) is 0. The van der Waals surface area contributed by atoms with Crippen molar-refractivity contribution in [3.8, 4) is 0 Å². The van der Waals surface area contributed by atoms with E-state index < -0.39 is 6.29 Å². The summed E-state index contributed by atoms with van der Waals surface area (Å²) in [6.45, 7) is 0. The van der Waals surface area contributed by atoms with E-state index in [1.54, 1.807) is 0 Å². The lowest BCUT2D eigenvalue weighted by Gasteiger charge is -2.55. The minimum absolute atomic E-state index is 0.122. The SMILES string of the molecule is OC(O)[C@@]12CCC[C@H]1[C@@H]1CCC3CCCC[C@@H]3[C@H]1CC2. The molecule has 4 fully saturated rings. The van der Waals surface area contributed by atoms with E-state index >= 15 is 0 Å². The molecule has 4 rings (SSSR count). The molecule has 2 N–H and O–H groups in total. The summed E-state index contributed by atoms with van der Waals surface area (Å²) in [5.41, 5.74) is -0.122. The first-order valence-electron chi connectivity index (χ1n) is 9.08. The summed E-state index contributed by atoms with van der Waals surface area (Å²) in [6.07, 6.45) is 13.5. The molecule has 2 nitrogen and oxygen atoms in total. The van der Waals surface area contributed by atoms with Crippen LogP contribution in [0.2, 0.25) is 0 Å². The minimum Gasteiger partial charge on any atom is -0.368 e. The molecule has 0 heterocycles. The van der Waals surface area contributed by atoms with Crippen LogP contribution in [-0.2, 0) is 0 Å². The smallest absolute Gasteiger partial charge is 0.157 e. The van der Waals surface area contributed by atoms with E-state index in [9.17, 15) is 10.2 Å². The van der Waals surface area contributed by atoms with Crippen LogP contribution in [0.1, 0.15) is 70.6 Å². The van der Waals surface area contributed by atoms with E-state index in [1.807, 2.05) is 0 Å². The van der Waals surface area contributed by atoms with Crippen LogP contribution in [0, 0.1) is 35.0 Å². The van der Waals surface area contributed by atoms with Crippen LogP contribution in [-0.4, -0.2) is 16.5 Å². The third kappa shape index (κ3) is 1.83. The van der Waals surface area contributed by atoms with Gasteiger partial charge in [0, 0.05) is 5.41 Å². The summed E-state index contributed by atoms with van der Waals surface area (Å²) in [5.74, 6) is 4.34. The van der Waals surface area contributed by atoms with Crippen molar-refractivity contribution in [2.45, 2.75) is 76.9 Å². The van der Waals surface area contributed by atoms with Crippen LogP contribution in [0.5, 0.6) is 0 Å². The molecule has 0 aromatic heterocycles. The average molecular weight is 278 g/mol. The van der Waals surface area contributed by atoms with E-state index in [0.717, 1.165) is 36.5 Å². The maximum atomic E-state index is 10.0. The molecule has 0 radical (unpaired) electrons. The Bertz CT molecular complexity index is 366. The van der Waals surface area contributed by atoms with Crippen LogP contribution in [0.15, 0.2) is 0 Å². The highest BCUT2D eigenvalue weighted by molar-refractivity contribution is 5.05. The van der Waals surface area contributed by atoms with Gasteiger partial charge in [0.05, 0.1) is 0 Å². The topological polar surface area (TPSA) is 40.5 Å². The number of hydrogen-bond acceptors (Lipinski definition) is 2. The fraction of sp³-hybridized carbons (Fsp3) is 1.00. The molecule has 4 aliphatic rings. The van der Waals surface area contributed by atoms with Crippen molar-refractivity contribution in [2.24, 2.45) is 35.0 Å². The Morgan fingerprint density at radius 2 is 1.55 bits per heavy atom. The highest BCUT2D eigenvalue weighted by Gasteiger charge is 2.57. The van der Waals surface area contributed by atoms with Gasteiger partial charge in [-0.05, 0) is 74.5 Å². The van der Waals surface area contributed by atoms with Gasteiger partial charge in [0.2, 0.25) is 0 Å². The normalized spacial score (nSPS) is 51.5. The Kier molecular flexibility index (Phi) is 3.38. The molecule has 20 heavy (non-hydrogen) atoms.